The molecule has 7 atom stereocenters. The Morgan fingerprint density at radius 1 is 1.12 bits per heavy atom. The maximum absolute atomic E-state index is 10.1. The minimum absolute atomic E-state index is 0.00727. The number of hydrogen-bond donors (Lipinski definition) is 1. The fraction of sp³-hybridized carbons (Fsp3) is 0.857. The van der Waals surface area contributed by atoms with Gasteiger partial charge in [-0.15, -0.1) is 0 Å². The number of fused-ring (bicyclic) bond motifs is 1. The minimum atomic E-state index is -0.803. The summed E-state index contributed by atoms with van der Waals surface area (Å²) in [5.41, 5.74) is 1.19. The molecule has 4 aliphatic rings. The van der Waals surface area contributed by atoms with Gasteiger partial charge in [-0.3, -0.25) is 0 Å². The van der Waals surface area contributed by atoms with E-state index in [4.69, 9.17) is 23.7 Å². The summed E-state index contributed by atoms with van der Waals surface area (Å²) in [6, 6.07) is 0. The first-order valence-electron chi connectivity index (χ1n) is 13.7. The van der Waals surface area contributed by atoms with E-state index in [2.05, 4.69) is 32.9 Å². The average molecular weight is 479 g/mol. The van der Waals surface area contributed by atoms with Crippen molar-refractivity contribution in [2.45, 2.75) is 116 Å². The van der Waals surface area contributed by atoms with Crippen LogP contribution in [0.15, 0.2) is 23.8 Å². The number of rotatable bonds is 11. The standard InChI is InChI=1S/C28H46O6/c1-4-5-14-28(2,3)24(34-27-11-7-9-16-31-27)13-12-21-20(17-23-22(21)18-25(29)33-23)19-32-26-10-6-8-15-30-26/h12-13,18,20-21,23-27,29H,4-11,14-17,19H2,1-3H3/b13-12+. The molecule has 1 saturated carbocycles. The molecule has 0 amide bonds. The van der Waals surface area contributed by atoms with Crippen LogP contribution in [-0.4, -0.2) is 56.0 Å². The topological polar surface area (TPSA) is 66.4 Å². The van der Waals surface area contributed by atoms with Crippen LogP contribution in [0.4, 0.5) is 0 Å². The lowest BCUT2D eigenvalue weighted by molar-refractivity contribution is -0.197. The van der Waals surface area contributed by atoms with Crippen LogP contribution in [0.1, 0.15) is 85.0 Å². The monoisotopic (exact) mass is 478 g/mol. The number of unbranched alkanes of at least 4 members (excludes halogenated alkanes) is 1. The van der Waals surface area contributed by atoms with Crippen molar-refractivity contribution in [1.82, 2.24) is 0 Å². The molecule has 0 aromatic heterocycles. The molecule has 0 aromatic rings. The maximum Gasteiger partial charge on any atom is 0.175 e. The van der Waals surface area contributed by atoms with Crippen LogP contribution >= 0.6 is 0 Å². The van der Waals surface area contributed by atoms with Crippen LogP contribution in [0, 0.1) is 17.3 Å². The molecule has 3 heterocycles. The molecule has 0 spiro atoms. The third-order valence-corrected chi connectivity index (χ3v) is 7.93. The number of allylic oxidation sites excluding steroid dienone is 1. The normalized spacial score (nSPS) is 35.5. The van der Waals surface area contributed by atoms with Crippen molar-refractivity contribution in [2.24, 2.45) is 17.3 Å². The lowest BCUT2D eigenvalue weighted by atomic mass is 9.80. The smallest absolute Gasteiger partial charge is 0.175 e. The summed E-state index contributed by atoms with van der Waals surface area (Å²) in [5, 5.41) is 10.1. The van der Waals surface area contributed by atoms with E-state index in [-0.39, 0.29) is 36.1 Å². The van der Waals surface area contributed by atoms with Gasteiger partial charge in [0.2, 0.25) is 0 Å². The molecule has 0 aromatic carbocycles. The molecule has 3 fully saturated rings. The van der Waals surface area contributed by atoms with E-state index in [1.165, 1.54) is 18.4 Å². The molecule has 3 aliphatic heterocycles. The fourth-order valence-corrected chi connectivity index (χ4v) is 5.75. The predicted octanol–water partition coefficient (Wildman–Crippen LogP) is 5.49. The molecule has 1 aliphatic carbocycles. The molecule has 34 heavy (non-hydrogen) atoms. The summed E-state index contributed by atoms with van der Waals surface area (Å²) in [6.07, 6.45) is 16.2. The molecule has 6 heteroatoms. The van der Waals surface area contributed by atoms with Crippen molar-refractivity contribution in [1.29, 1.82) is 0 Å². The van der Waals surface area contributed by atoms with Crippen LogP contribution in [0.3, 0.4) is 0 Å². The molecule has 0 radical (unpaired) electrons. The second kappa shape index (κ2) is 12.5. The van der Waals surface area contributed by atoms with Gasteiger partial charge < -0.3 is 28.8 Å². The van der Waals surface area contributed by atoms with Crippen molar-refractivity contribution in [2.75, 3.05) is 19.8 Å². The van der Waals surface area contributed by atoms with Crippen molar-refractivity contribution in [3.8, 4) is 0 Å². The first-order valence-corrected chi connectivity index (χ1v) is 13.7. The van der Waals surface area contributed by atoms with E-state index in [0.717, 1.165) is 64.6 Å². The summed E-state index contributed by atoms with van der Waals surface area (Å²) in [4.78, 5) is 0. The molecule has 4 rings (SSSR count). The van der Waals surface area contributed by atoms with Crippen LogP contribution in [-0.2, 0) is 23.7 Å². The SMILES string of the molecule is CCCCC(C)(C)C(/C=C/C1C2=CC(O)OC2CC1COC1CCCCO1)OC1CCCCO1. The number of aliphatic hydroxyl groups excluding tert-OH is 1. The predicted molar refractivity (Wildman–Crippen MR) is 131 cm³/mol. The molecule has 7 unspecified atom stereocenters. The fourth-order valence-electron chi connectivity index (χ4n) is 5.75. The zero-order chi connectivity index (χ0) is 24.0. The summed E-state index contributed by atoms with van der Waals surface area (Å²) in [7, 11) is 0. The first-order chi connectivity index (χ1) is 16.5. The van der Waals surface area contributed by atoms with Crippen molar-refractivity contribution < 1.29 is 28.8 Å². The minimum Gasteiger partial charge on any atom is -0.365 e. The Morgan fingerprint density at radius 3 is 2.53 bits per heavy atom. The summed E-state index contributed by atoms with van der Waals surface area (Å²) < 4.78 is 30.3. The Hall–Kier alpha value is -0.760. The van der Waals surface area contributed by atoms with Gasteiger partial charge in [-0.25, -0.2) is 0 Å². The molecule has 194 valence electrons. The quantitative estimate of drug-likeness (QED) is 0.396. The average Bonchev–Trinajstić information content (AvgIpc) is 3.36. The second-order valence-electron chi connectivity index (χ2n) is 11.2. The number of aliphatic hydroxyl groups is 1. The Bertz CT molecular complexity index is 676. The summed E-state index contributed by atoms with van der Waals surface area (Å²) >= 11 is 0. The van der Waals surface area contributed by atoms with E-state index in [1.54, 1.807) is 0 Å². The van der Waals surface area contributed by atoms with Gasteiger partial charge in [-0.2, -0.15) is 0 Å². The highest BCUT2D eigenvalue weighted by Crippen LogP contribution is 2.44. The van der Waals surface area contributed by atoms with Gasteiger partial charge in [-0.05, 0) is 74.3 Å². The van der Waals surface area contributed by atoms with E-state index in [9.17, 15) is 5.11 Å². The molecular formula is C28H46O6. The zero-order valence-corrected chi connectivity index (χ0v) is 21.5. The molecule has 0 bridgehead atoms. The van der Waals surface area contributed by atoms with Gasteiger partial charge >= 0.3 is 0 Å². The van der Waals surface area contributed by atoms with Crippen LogP contribution < -0.4 is 0 Å². The van der Waals surface area contributed by atoms with Crippen molar-refractivity contribution in [3.63, 3.8) is 0 Å². The van der Waals surface area contributed by atoms with Crippen molar-refractivity contribution >= 4 is 0 Å². The summed E-state index contributed by atoms with van der Waals surface area (Å²) in [5.74, 6) is 0.474. The van der Waals surface area contributed by atoms with Crippen LogP contribution in [0.25, 0.3) is 0 Å². The van der Waals surface area contributed by atoms with E-state index < -0.39 is 6.29 Å². The van der Waals surface area contributed by atoms with Crippen LogP contribution in [0.2, 0.25) is 0 Å². The first kappa shape index (κ1) is 26.3. The van der Waals surface area contributed by atoms with Gasteiger partial charge in [-0.1, -0.05) is 45.8 Å². The van der Waals surface area contributed by atoms with Crippen LogP contribution in [0.5, 0.6) is 0 Å². The summed E-state index contributed by atoms with van der Waals surface area (Å²) in [6.45, 7) is 9.07. The lowest BCUT2D eigenvalue weighted by Gasteiger charge is -2.36. The maximum atomic E-state index is 10.1. The molecule has 6 nitrogen and oxygen atoms in total. The third kappa shape index (κ3) is 6.92. The second-order valence-corrected chi connectivity index (χ2v) is 11.2. The van der Waals surface area contributed by atoms with Crippen molar-refractivity contribution in [3.05, 3.63) is 23.8 Å². The molecule has 1 N–H and O–H groups in total. The highest BCUT2D eigenvalue weighted by Gasteiger charge is 2.43. The van der Waals surface area contributed by atoms with E-state index in [0.29, 0.717) is 12.5 Å². The highest BCUT2D eigenvalue weighted by atomic mass is 16.7. The largest absolute Gasteiger partial charge is 0.365 e. The van der Waals surface area contributed by atoms with Gasteiger partial charge in [0.1, 0.15) is 0 Å². The zero-order valence-electron chi connectivity index (χ0n) is 21.5. The van der Waals surface area contributed by atoms with E-state index in [1.807, 2.05) is 6.08 Å². The number of hydrogen-bond acceptors (Lipinski definition) is 6. The highest BCUT2D eigenvalue weighted by molar-refractivity contribution is 5.29. The van der Waals surface area contributed by atoms with E-state index >= 15 is 0 Å². The molecular weight excluding hydrogens is 432 g/mol. The Labute approximate surface area is 206 Å². The Balaban J connectivity index is 1.47. The van der Waals surface area contributed by atoms with Gasteiger partial charge in [0.15, 0.2) is 18.9 Å². The van der Waals surface area contributed by atoms with Gasteiger partial charge in [0.25, 0.3) is 0 Å². The third-order valence-electron chi connectivity index (χ3n) is 7.93. The Kier molecular flexibility index (Phi) is 9.65. The Morgan fingerprint density at radius 2 is 1.85 bits per heavy atom. The van der Waals surface area contributed by atoms with Gasteiger partial charge in [0.05, 0.1) is 18.8 Å². The lowest BCUT2D eigenvalue weighted by Crippen LogP contribution is -2.36. The van der Waals surface area contributed by atoms with Gasteiger partial charge in [0, 0.05) is 19.1 Å². The molecule has 2 saturated heterocycles. The number of ether oxygens (including phenoxy) is 5.